The van der Waals surface area contributed by atoms with Gasteiger partial charge in [-0.05, 0) is 80.8 Å². The van der Waals surface area contributed by atoms with Crippen molar-refractivity contribution in [2.75, 3.05) is 20.2 Å². The number of methoxy groups -OCH3 is 1. The Morgan fingerprint density at radius 2 is 2.00 bits per heavy atom. The summed E-state index contributed by atoms with van der Waals surface area (Å²) in [6.45, 7) is 7.73. The van der Waals surface area contributed by atoms with Gasteiger partial charge in [0, 0.05) is 29.6 Å². The molecular formula is C26H32N2O3. The van der Waals surface area contributed by atoms with Crippen molar-refractivity contribution in [1.29, 1.82) is 0 Å². The summed E-state index contributed by atoms with van der Waals surface area (Å²) < 4.78 is 11.1. The Morgan fingerprint density at radius 1 is 1.19 bits per heavy atom. The number of para-hydroxylation sites is 1. The number of rotatable bonds is 7. The van der Waals surface area contributed by atoms with Gasteiger partial charge in [0.05, 0.1) is 13.4 Å². The number of carbonyl (C=O) groups excluding carboxylic acids is 1. The van der Waals surface area contributed by atoms with E-state index in [1.807, 2.05) is 29.2 Å². The molecule has 5 heteroatoms. The van der Waals surface area contributed by atoms with Gasteiger partial charge in [0.25, 0.3) is 5.91 Å². The van der Waals surface area contributed by atoms with Crippen LogP contribution in [0.1, 0.15) is 52.4 Å². The van der Waals surface area contributed by atoms with Crippen LogP contribution >= 0.6 is 0 Å². The monoisotopic (exact) mass is 420 g/mol. The quantitative estimate of drug-likeness (QED) is 0.596. The van der Waals surface area contributed by atoms with E-state index in [1.54, 1.807) is 13.4 Å². The molecule has 1 aromatic heterocycles. The summed E-state index contributed by atoms with van der Waals surface area (Å²) in [5.41, 5.74) is 12.7. The lowest BCUT2D eigenvalue weighted by Crippen LogP contribution is -2.44. The molecule has 0 bridgehead atoms. The molecule has 0 saturated heterocycles. The lowest BCUT2D eigenvalue weighted by Gasteiger charge is -2.33. The van der Waals surface area contributed by atoms with Crippen molar-refractivity contribution >= 4 is 16.9 Å². The average molecular weight is 421 g/mol. The van der Waals surface area contributed by atoms with Crippen LogP contribution in [0.25, 0.3) is 11.0 Å². The molecule has 4 rings (SSSR count). The first-order valence-corrected chi connectivity index (χ1v) is 11.0. The third-order valence-corrected chi connectivity index (χ3v) is 6.80. The standard InChI is InChI=1S/C26H32N2O3/c1-17-8-9-22-20(18(17)2)11-14-28(25(22)29)15-13-26(3,27)12-10-19-16-31-24-21(19)6-5-7-23(24)30-4/h5-9,16H,10-15,27H2,1-4H3. The fourth-order valence-corrected chi connectivity index (χ4v) is 4.50. The molecule has 3 aromatic rings. The Hall–Kier alpha value is -2.79. The van der Waals surface area contributed by atoms with Gasteiger partial charge in [-0.2, -0.15) is 0 Å². The summed E-state index contributed by atoms with van der Waals surface area (Å²) in [6, 6.07) is 9.96. The number of aryl methyl sites for hydroxylation is 2. The summed E-state index contributed by atoms with van der Waals surface area (Å²) >= 11 is 0. The minimum Gasteiger partial charge on any atom is -0.493 e. The molecule has 1 amide bonds. The van der Waals surface area contributed by atoms with Crippen LogP contribution in [0, 0.1) is 13.8 Å². The number of carbonyl (C=O) groups is 1. The van der Waals surface area contributed by atoms with Crippen LogP contribution in [0.2, 0.25) is 0 Å². The number of benzene rings is 2. The first kappa shape index (κ1) is 21.4. The summed E-state index contributed by atoms with van der Waals surface area (Å²) in [7, 11) is 1.65. The van der Waals surface area contributed by atoms with Crippen LogP contribution in [-0.2, 0) is 12.8 Å². The van der Waals surface area contributed by atoms with E-state index in [0.717, 1.165) is 60.1 Å². The molecule has 1 unspecified atom stereocenters. The zero-order valence-corrected chi connectivity index (χ0v) is 19.0. The zero-order chi connectivity index (χ0) is 22.2. The number of furan rings is 1. The SMILES string of the molecule is COc1cccc2c(CCC(C)(N)CCN3CCc4c(ccc(C)c4C)C3=O)coc12. The van der Waals surface area contributed by atoms with Crippen LogP contribution in [0.3, 0.4) is 0 Å². The Morgan fingerprint density at radius 3 is 2.77 bits per heavy atom. The van der Waals surface area contributed by atoms with Crippen molar-refractivity contribution in [2.45, 2.75) is 52.0 Å². The molecule has 164 valence electrons. The lowest BCUT2D eigenvalue weighted by molar-refractivity contribution is 0.0726. The molecule has 31 heavy (non-hydrogen) atoms. The van der Waals surface area contributed by atoms with Crippen LogP contribution in [-0.4, -0.2) is 36.5 Å². The highest BCUT2D eigenvalue weighted by Gasteiger charge is 2.28. The fraction of sp³-hybridized carbons (Fsp3) is 0.423. The van der Waals surface area contributed by atoms with Crippen molar-refractivity contribution in [3.63, 3.8) is 0 Å². The summed E-state index contributed by atoms with van der Waals surface area (Å²) in [5.74, 6) is 0.877. The molecule has 0 spiro atoms. The Balaban J connectivity index is 1.39. The predicted octanol–water partition coefficient (Wildman–Crippen LogP) is 4.80. The van der Waals surface area contributed by atoms with E-state index in [1.165, 1.54) is 16.7 Å². The molecule has 0 saturated carbocycles. The van der Waals surface area contributed by atoms with Gasteiger partial charge < -0.3 is 19.8 Å². The molecular weight excluding hydrogens is 388 g/mol. The van der Waals surface area contributed by atoms with Gasteiger partial charge in [0.1, 0.15) is 0 Å². The van der Waals surface area contributed by atoms with Crippen molar-refractivity contribution in [3.05, 3.63) is 64.4 Å². The Kier molecular flexibility index (Phi) is 5.80. The lowest BCUT2D eigenvalue weighted by atomic mass is 9.89. The van der Waals surface area contributed by atoms with Crippen LogP contribution in [0.15, 0.2) is 41.0 Å². The van der Waals surface area contributed by atoms with Gasteiger partial charge in [-0.3, -0.25) is 4.79 Å². The minimum atomic E-state index is -0.369. The molecule has 0 fully saturated rings. The normalized spacial score (nSPS) is 15.8. The zero-order valence-electron chi connectivity index (χ0n) is 19.0. The summed E-state index contributed by atoms with van der Waals surface area (Å²) in [4.78, 5) is 15.0. The third kappa shape index (κ3) is 4.19. The predicted molar refractivity (Wildman–Crippen MR) is 124 cm³/mol. The molecule has 2 N–H and O–H groups in total. The number of nitrogens with two attached hydrogens (primary N) is 1. The van der Waals surface area contributed by atoms with E-state index in [9.17, 15) is 4.79 Å². The van der Waals surface area contributed by atoms with Gasteiger partial charge in [-0.15, -0.1) is 0 Å². The average Bonchev–Trinajstić information content (AvgIpc) is 3.18. The maximum absolute atomic E-state index is 13.0. The van der Waals surface area contributed by atoms with Gasteiger partial charge >= 0.3 is 0 Å². The van der Waals surface area contributed by atoms with Crippen molar-refractivity contribution in [3.8, 4) is 5.75 Å². The van der Waals surface area contributed by atoms with Gasteiger partial charge in [0.15, 0.2) is 11.3 Å². The van der Waals surface area contributed by atoms with E-state index in [0.29, 0.717) is 6.54 Å². The van der Waals surface area contributed by atoms with Crippen molar-refractivity contribution < 1.29 is 13.9 Å². The van der Waals surface area contributed by atoms with Crippen LogP contribution < -0.4 is 10.5 Å². The molecule has 1 aliphatic heterocycles. The highest BCUT2D eigenvalue weighted by atomic mass is 16.5. The van der Waals surface area contributed by atoms with E-state index >= 15 is 0 Å². The van der Waals surface area contributed by atoms with Gasteiger partial charge in [-0.25, -0.2) is 0 Å². The maximum Gasteiger partial charge on any atom is 0.254 e. The van der Waals surface area contributed by atoms with Crippen molar-refractivity contribution in [2.24, 2.45) is 5.73 Å². The van der Waals surface area contributed by atoms with Crippen LogP contribution in [0.5, 0.6) is 5.75 Å². The smallest absolute Gasteiger partial charge is 0.254 e. The number of hydrogen-bond donors (Lipinski definition) is 1. The largest absolute Gasteiger partial charge is 0.493 e. The highest BCUT2D eigenvalue weighted by molar-refractivity contribution is 5.97. The molecule has 1 aliphatic rings. The van der Waals surface area contributed by atoms with Gasteiger partial charge in [0.2, 0.25) is 0 Å². The number of fused-ring (bicyclic) bond motifs is 2. The fourth-order valence-electron chi connectivity index (χ4n) is 4.50. The van der Waals surface area contributed by atoms with Crippen molar-refractivity contribution in [1.82, 2.24) is 4.90 Å². The second-order valence-electron chi connectivity index (χ2n) is 9.08. The second-order valence-corrected chi connectivity index (χ2v) is 9.08. The Labute approximate surface area is 184 Å². The van der Waals surface area contributed by atoms with Crippen LogP contribution in [0.4, 0.5) is 0 Å². The second kappa shape index (κ2) is 8.39. The first-order valence-electron chi connectivity index (χ1n) is 11.0. The third-order valence-electron chi connectivity index (χ3n) is 6.80. The first-order chi connectivity index (χ1) is 14.8. The van der Waals surface area contributed by atoms with E-state index in [-0.39, 0.29) is 11.4 Å². The summed E-state index contributed by atoms with van der Waals surface area (Å²) in [5, 5.41) is 1.07. The highest BCUT2D eigenvalue weighted by Crippen LogP contribution is 2.31. The molecule has 2 aromatic carbocycles. The molecule has 0 radical (unpaired) electrons. The maximum atomic E-state index is 13.0. The topological polar surface area (TPSA) is 68.7 Å². The molecule has 2 heterocycles. The number of nitrogens with zero attached hydrogens (tertiary/aromatic N) is 1. The van der Waals surface area contributed by atoms with E-state index < -0.39 is 0 Å². The molecule has 0 aliphatic carbocycles. The molecule has 5 nitrogen and oxygen atoms in total. The number of ether oxygens (including phenoxy) is 1. The van der Waals surface area contributed by atoms with Gasteiger partial charge in [-0.1, -0.05) is 18.2 Å². The summed E-state index contributed by atoms with van der Waals surface area (Å²) in [6.07, 6.45) is 5.12. The minimum absolute atomic E-state index is 0.132. The van der Waals surface area contributed by atoms with E-state index in [2.05, 4.69) is 26.8 Å². The van der Waals surface area contributed by atoms with E-state index in [4.69, 9.17) is 14.9 Å². The molecule has 1 atom stereocenters. The number of hydrogen-bond acceptors (Lipinski definition) is 4. The number of amides is 1. The Bertz CT molecular complexity index is 1110.